The number of hydrogen-bond acceptors (Lipinski definition) is 3. The van der Waals surface area contributed by atoms with Gasteiger partial charge in [0, 0.05) is 16.8 Å². The number of allylic oxidation sites excluding steroid dienone is 3. The molecule has 0 unspecified atom stereocenters. The highest BCUT2D eigenvalue weighted by molar-refractivity contribution is 6.30. The Bertz CT molecular complexity index is 550. The van der Waals surface area contributed by atoms with Crippen LogP contribution < -0.4 is 5.32 Å². The van der Waals surface area contributed by atoms with E-state index in [1.807, 2.05) is 13.8 Å². The molecule has 0 aliphatic heterocycles. The van der Waals surface area contributed by atoms with Gasteiger partial charge < -0.3 is 10.1 Å². The molecular formula is C15H16ClNO3. The smallest absolute Gasteiger partial charge is 0.331 e. The number of nitrogens with one attached hydrogen (secondary N) is 1. The number of anilines is 1. The summed E-state index contributed by atoms with van der Waals surface area (Å²) >= 11 is 5.82. The van der Waals surface area contributed by atoms with Crippen LogP contribution in [0.1, 0.15) is 12.5 Å². The number of aryl methyl sites for hydroxylation is 1. The minimum Gasteiger partial charge on any atom is -0.452 e. The molecule has 0 atom stereocenters. The van der Waals surface area contributed by atoms with Gasteiger partial charge in [-0.05, 0) is 37.6 Å². The molecule has 20 heavy (non-hydrogen) atoms. The predicted octanol–water partition coefficient (Wildman–Crippen LogP) is 3.26. The zero-order chi connectivity index (χ0) is 15.0. The highest BCUT2D eigenvalue weighted by atomic mass is 35.5. The summed E-state index contributed by atoms with van der Waals surface area (Å²) < 4.78 is 4.79. The van der Waals surface area contributed by atoms with E-state index in [4.69, 9.17) is 16.3 Å². The van der Waals surface area contributed by atoms with Crippen molar-refractivity contribution in [3.05, 3.63) is 53.1 Å². The molecular weight excluding hydrogens is 278 g/mol. The zero-order valence-electron chi connectivity index (χ0n) is 11.4. The number of benzene rings is 1. The van der Waals surface area contributed by atoms with Gasteiger partial charge in [0.05, 0.1) is 0 Å². The summed E-state index contributed by atoms with van der Waals surface area (Å²) in [6, 6.07) is 5.11. The number of carbonyl (C=O) groups excluding carboxylic acids is 2. The third-order valence-electron chi connectivity index (χ3n) is 2.34. The van der Waals surface area contributed by atoms with E-state index in [1.54, 1.807) is 36.4 Å². The maximum atomic E-state index is 11.6. The molecule has 4 nitrogen and oxygen atoms in total. The van der Waals surface area contributed by atoms with Gasteiger partial charge in [0.25, 0.3) is 5.91 Å². The van der Waals surface area contributed by atoms with Crippen molar-refractivity contribution < 1.29 is 14.3 Å². The summed E-state index contributed by atoms with van der Waals surface area (Å²) in [4.78, 5) is 22.9. The lowest BCUT2D eigenvalue weighted by Gasteiger charge is -2.08. The number of amides is 1. The monoisotopic (exact) mass is 293 g/mol. The van der Waals surface area contributed by atoms with E-state index in [9.17, 15) is 9.59 Å². The molecule has 0 fully saturated rings. The first-order valence-electron chi connectivity index (χ1n) is 6.05. The van der Waals surface area contributed by atoms with Crippen molar-refractivity contribution >= 4 is 29.2 Å². The van der Waals surface area contributed by atoms with E-state index in [0.717, 1.165) is 5.56 Å². The summed E-state index contributed by atoms with van der Waals surface area (Å²) in [6.45, 7) is 3.33. The van der Waals surface area contributed by atoms with E-state index in [1.165, 1.54) is 6.08 Å². The molecule has 0 saturated heterocycles. The van der Waals surface area contributed by atoms with Gasteiger partial charge in [-0.2, -0.15) is 0 Å². The van der Waals surface area contributed by atoms with Crippen molar-refractivity contribution in [2.75, 3.05) is 11.9 Å². The summed E-state index contributed by atoms with van der Waals surface area (Å²) in [5, 5.41) is 3.25. The van der Waals surface area contributed by atoms with Gasteiger partial charge >= 0.3 is 5.97 Å². The number of hydrogen-bond donors (Lipinski definition) is 1. The van der Waals surface area contributed by atoms with Crippen molar-refractivity contribution in [3.63, 3.8) is 0 Å². The van der Waals surface area contributed by atoms with Gasteiger partial charge in [-0.25, -0.2) is 4.79 Å². The summed E-state index contributed by atoms with van der Waals surface area (Å²) in [5.41, 5.74) is 1.48. The van der Waals surface area contributed by atoms with Crippen molar-refractivity contribution in [3.8, 4) is 0 Å². The fraction of sp³-hybridized carbons (Fsp3) is 0.200. The molecule has 1 aromatic rings. The molecule has 1 rings (SSSR count). The normalized spacial score (nSPS) is 10.9. The molecule has 0 aromatic heterocycles. The van der Waals surface area contributed by atoms with Crippen molar-refractivity contribution in [1.29, 1.82) is 0 Å². The molecule has 0 aliphatic rings. The van der Waals surface area contributed by atoms with Crippen molar-refractivity contribution in [2.45, 2.75) is 13.8 Å². The van der Waals surface area contributed by atoms with Gasteiger partial charge in [0.15, 0.2) is 6.61 Å². The topological polar surface area (TPSA) is 55.4 Å². The van der Waals surface area contributed by atoms with Crippen LogP contribution in [0.3, 0.4) is 0 Å². The Morgan fingerprint density at radius 1 is 1.35 bits per heavy atom. The lowest BCUT2D eigenvalue weighted by molar-refractivity contribution is -0.142. The second kappa shape index (κ2) is 8.17. The zero-order valence-corrected chi connectivity index (χ0v) is 12.1. The van der Waals surface area contributed by atoms with E-state index in [0.29, 0.717) is 10.7 Å². The maximum absolute atomic E-state index is 11.6. The number of ether oxygens (including phenoxy) is 1. The van der Waals surface area contributed by atoms with Crippen LogP contribution in [0.2, 0.25) is 5.02 Å². The summed E-state index contributed by atoms with van der Waals surface area (Å²) in [5.74, 6) is -0.964. The highest BCUT2D eigenvalue weighted by Crippen LogP contribution is 2.19. The fourth-order valence-corrected chi connectivity index (χ4v) is 1.61. The van der Waals surface area contributed by atoms with Crippen molar-refractivity contribution in [1.82, 2.24) is 0 Å². The SMILES string of the molecule is C/C=C/C=C/C(=O)OCC(=O)Nc1ccc(Cl)cc1C. The Labute approximate surface area is 123 Å². The summed E-state index contributed by atoms with van der Waals surface area (Å²) in [7, 11) is 0. The molecule has 106 valence electrons. The average Bonchev–Trinajstić information content (AvgIpc) is 2.40. The van der Waals surface area contributed by atoms with Gasteiger partial charge in [-0.3, -0.25) is 4.79 Å². The Kier molecular flexibility index (Phi) is 6.53. The molecule has 0 heterocycles. The predicted molar refractivity (Wildman–Crippen MR) is 79.7 cm³/mol. The van der Waals surface area contributed by atoms with Crippen LogP contribution in [0.4, 0.5) is 5.69 Å². The van der Waals surface area contributed by atoms with Gasteiger partial charge in [0.2, 0.25) is 0 Å². The quantitative estimate of drug-likeness (QED) is 0.515. The molecule has 0 bridgehead atoms. The molecule has 1 aromatic carbocycles. The van der Waals surface area contributed by atoms with Crippen LogP contribution in [0.5, 0.6) is 0 Å². The molecule has 0 saturated carbocycles. The second-order valence-electron chi connectivity index (χ2n) is 4.00. The van der Waals surface area contributed by atoms with Crippen LogP contribution in [0.25, 0.3) is 0 Å². The molecule has 5 heteroatoms. The number of halogens is 1. The first-order valence-corrected chi connectivity index (χ1v) is 6.43. The van der Waals surface area contributed by atoms with Crippen molar-refractivity contribution in [2.24, 2.45) is 0 Å². The largest absolute Gasteiger partial charge is 0.452 e. The minimum atomic E-state index is -0.564. The van der Waals surface area contributed by atoms with Gasteiger partial charge in [-0.1, -0.05) is 29.8 Å². The summed E-state index contributed by atoms with van der Waals surface area (Å²) in [6.07, 6.45) is 6.27. The molecule has 0 radical (unpaired) electrons. The van der Waals surface area contributed by atoms with E-state index in [-0.39, 0.29) is 6.61 Å². The average molecular weight is 294 g/mol. The Hall–Kier alpha value is -2.07. The Morgan fingerprint density at radius 3 is 2.75 bits per heavy atom. The molecule has 1 amide bonds. The fourth-order valence-electron chi connectivity index (χ4n) is 1.38. The Balaban J connectivity index is 2.46. The third kappa shape index (κ3) is 5.71. The lowest BCUT2D eigenvalue weighted by atomic mass is 10.2. The first-order chi connectivity index (χ1) is 9.52. The van der Waals surface area contributed by atoms with Crippen LogP contribution in [0.15, 0.2) is 42.5 Å². The molecule has 0 aliphatic carbocycles. The number of carbonyl (C=O) groups is 2. The van der Waals surface area contributed by atoms with Crippen LogP contribution in [-0.4, -0.2) is 18.5 Å². The lowest BCUT2D eigenvalue weighted by Crippen LogP contribution is -2.20. The second-order valence-corrected chi connectivity index (χ2v) is 4.44. The molecule has 0 spiro atoms. The van der Waals surface area contributed by atoms with E-state index < -0.39 is 11.9 Å². The van der Waals surface area contributed by atoms with E-state index >= 15 is 0 Å². The standard InChI is InChI=1S/C15H16ClNO3/c1-3-4-5-6-15(19)20-10-14(18)17-13-8-7-12(16)9-11(13)2/h3-9H,10H2,1-2H3,(H,17,18)/b4-3+,6-5+. The maximum Gasteiger partial charge on any atom is 0.331 e. The third-order valence-corrected chi connectivity index (χ3v) is 2.58. The van der Waals surface area contributed by atoms with Gasteiger partial charge in [-0.15, -0.1) is 0 Å². The minimum absolute atomic E-state index is 0.332. The van der Waals surface area contributed by atoms with Crippen LogP contribution >= 0.6 is 11.6 Å². The number of esters is 1. The Morgan fingerprint density at radius 2 is 2.10 bits per heavy atom. The first kappa shape index (κ1) is 16.0. The van der Waals surface area contributed by atoms with E-state index in [2.05, 4.69) is 5.32 Å². The number of rotatable bonds is 5. The van der Waals surface area contributed by atoms with Crippen LogP contribution in [0, 0.1) is 6.92 Å². The van der Waals surface area contributed by atoms with Crippen LogP contribution in [-0.2, 0) is 14.3 Å². The molecule has 1 N–H and O–H groups in total. The van der Waals surface area contributed by atoms with Gasteiger partial charge in [0.1, 0.15) is 0 Å². The highest BCUT2D eigenvalue weighted by Gasteiger charge is 2.07.